The molecule has 2 amide bonds. The number of carbonyl (C=O) groups excluding carboxylic acids is 2. The van der Waals surface area contributed by atoms with Crippen LogP contribution in [0.3, 0.4) is 0 Å². The first-order chi connectivity index (χ1) is 15.6. The Morgan fingerprint density at radius 1 is 0.938 bits per heavy atom. The molecule has 7 heteroatoms. The van der Waals surface area contributed by atoms with Crippen LogP contribution in [0.5, 0.6) is 0 Å². The molecule has 0 aliphatic rings. The van der Waals surface area contributed by atoms with Crippen LogP contribution in [0.2, 0.25) is 0 Å². The number of nitrogens with zero attached hydrogens (tertiary/aromatic N) is 3. The van der Waals surface area contributed by atoms with Gasteiger partial charge in [-0.05, 0) is 41.2 Å². The van der Waals surface area contributed by atoms with E-state index in [4.69, 9.17) is 0 Å². The van der Waals surface area contributed by atoms with Gasteiger partial charge in [-0.3, -0.25) is 14.5 Å². The van der Waals surface area contributed by atoms with Crippen molar-refractivity contribution in [1.82, 2.24) is 14.9 Å². The maximum atomic E-state index is 13.6. The Bertz CT molecular complexity index is 1180. The fourth-order valence-electron chi connectivity index (χ4n) is 3.52. The smallest absolute Gasteiger partial charge is 0.280 e. The first-order valence-electron chi connectivity index (χ1n) is 10.2. The minimum atomic E-state index is -0.879. The molecule has 3 aromatic carbocycles. The highest BCUT2D eigenvalue weighted by atomic mass is 32.1. The minimum absolute atomic E-state index is 0.204. The first kappa shape index (κ1) is 21.4. The van der Waals surface area contributed by atoms with Crippen molar-refractivity contribution in [3.8, 4) is 0 Å². The van der Waals surface area contributed by atoms with Gasteiger partial charge in [0, 0.05) is 17.6 Å². The second kappa shape index (κ2) is 9.98. The number of aromatic nitrogens is 2. The lowest BCUT2D eigenvalue weighted by atomic mass is 10.0. The summed E-state index contributed by atoms with van der Waals surface area (Å²) in [5.74, 6) is -0.656. The normalized spacial score (nSPS) is 11.5. The van der Waals surface area contributed by atoms with E-state index in [0.29, 0.717) is 17.8 Å². The van der Waals surface area contributed by atoms with E-state index in [2.05, 4.69) is 14.9 Å². The SMILES string of the molecule is Cc1ccccc1N(C(=O)c1csnn1)[C@@H](C(=O)NCc1ccccc1)c1ccccc1. The van der Waals surface area contributed by atoms with Crippen LogP contribution in [0.25, 0.3) is 0 Å². The van der Waals surface area contributed by atoms with Gasteiger partial charge in [0.25, 0.3) is 5.91 Å². The topological polar surface area (TPSA) is 75.2 Å². The maximum Gasteiger partial charge on any atom is 0.280 e. The van der Waals surface area contributed by atoms with E-state index < -0.39 is 6.04 Å². The lowest BCUT2D eigenvalue weighted by Crippen LogP contribution is -2.44. The predicted molar refractivity (Wildman–Crippen MR) is 125 cm³/mol. The molecule has 4 rings (SSSR count). The summed E-state index contributed by atoms with van der Waals surface area (Å²) in [5, 5.41) is 8.56. The summed E-state index contributed by atoms with van der Waals surface area (Å²) in [5.41, 5.74) is 3.41. The third-order valence-corrected chi connectivity index (χ3v) is 5.61. The standard InChI is InChI=1S/C25H22N4O2S/c1-18-10-8-9-15-22(18)29(25(31)21-17-32-28-27-21)23(20-13-6-3-7-14-20)24(30)26-16-19-11-4-2-5-12-19/h2-15,17,23H,16H2,1H3,(H,26,30)/t23-/m1/s1. The van der Waals surface area contributed by atoms with Crippen LogP contribution in [0.15, 0.2) is 90.3 Å². The number of aryl methyl sites for hydroxylation is 1. The summed E-state index contributed by atoms with van der Waals surface area (Å²) in [4.78, 5) is 28.7. The van der Waals surface area contributed by atoms with Crippen LogP contribution >= 0.6 is 11.5 Å². The fourth-order valence-corrected chi connectivity index (χ4v) is 3.95. The third kappa shape index (κ3) is 4.73. The lowest BCUT2D eigenvalue weighted by Gasteiger charge is -2.32. The molecule has 1 aromatic heterocycles. The Morgan fingerprint density at radius 2 is 1.59 bits per heavy atom. The summed E-state index contributed by atoms with van der Waals surface area (Å²) in [6, 6.07) is 25.6. The van der Waals surface area contributed by atoms with Gasteiger partial charge in [0.1, 0.15) is 6.04 Å². The molecule has 0 fully saturated rings. The third-order valence-electron chi connectivity index (χ3n) is 5.10. The fraction of sp³-hybridized carbons (Fsp3) is 0.120. The van der Waals surface area contributed by atoms with Gasteiger partial charge in [-0.1, -0.05) is 83.4 Å². The van der Waals surface area contributed by atoms with Gasteiger partial charge >= 0.3 is 0 Å². The molecule has 0 aliphatic carbocycles. The van der Waals surface area contributed by atoms with E-state index in [1.54, 1.807) is 5.38 Å². The number of para-hydroxylation sites is 1. The number of amides is 2. The van der Waals surface area contributed by atoms with Gasteiger partial charge < -0.3 is 5.32 Å². The molecule has 0 unspecified atom stereocenters. The Labute approximate surface area is 190 Å². The van der Waals surface area contributed by atoms with Crippen LogP contribution in [0.1, 0.15) is 33.2 Å². The number of benzene rings is 3. The largest absolute Gasteiger partial charge is 0.350 e. The van der Waals surface area contributed by atoms with Crippen LogP contribution in [-0.2, 0) is 11.3 Å². The van der Waals surface area contributed by atoms with Crippen LogP contribution in [-0.4, -0.2) is 21.4 Å². The number of hydrogen-bond acceptors (Lipinski definition) is 5. The zero-order valence-corrected chi connectivity index (χ0v) is 18.3. The van der Waals surface area contributed by atoms with E-state index in [1.165, 1.54) is 4.90 Å². The quantitative estimate of drug-likeness (QED) is 0.456. The highest BCUT2D eigenvalue weighted by Gasteiger charge is 2.34. The van der Waals surface area contributed by atoms with Crippen molar-refractivity contribution >= 4 is 29.0 Å². The maximum absolute atomic E-state index is 13.6. The van der Waals surface area contributed by atoms with Gasteiger partial charge in [0.2, 0.25) is 5.91 Å². The first-order valence-corrected chi connectivity index (χ1v) is 11.0. The van der Waals surface area contributed by atoms with Gasteiger partial charge in [0.05, 0.1) is 0 Å². The summed E-state index contributed by atoms with van der Waals surface area (Å²) in [6.45, 7) is 2.27. The Kier molecular flexibility index (Phi) is 6.67. The van der Waals surface area contributed by atoms with E-state index in [-0.39, 0.29) is 17.5 Å². The predicted octanol–water partition coefficient (Wildman–Crippen LogP) is 4.55. The molecule has 1 N–H and O–H groups in total. The average molecular weight is 443 g/mol. The Hall–Kier alpha value is -3.84. The van der Waals surface area contributed by atoms with Crippen molar-refractivity contribution in [2.75, 3.05) is 4.90 Å². The highest BCUT2D eigenvalue weighted by molar-refractivity contribution is 7.03. The van der Waals surface area contributed by atoms with Crippen molar-refractivity contribution < 1.29 is 9.59 Å². The molecule has 0 spiro atoms. The van der Waals surface area contributed by atoms with Gasteiger partial charge in [-0.15, -0.1) is 5.10 Å². The molecule has 0 saturated heterocycles. The summed E-state index contributed by atoms with van der Waals surface area (Å²) < 4.78 is 3.84. The lowest BCUT2D eigenvalue weighted by molar-refractivity contribution is -0.122. The van der Waals surface area contributed by atoms with E-state index in [1.807, 2.05) is 91.9 Å². The van der Waals surface area contributed by atoms with E-state index in [0.717, 1.165) is 22.7 Å². The Morgan fingerprint density at radius 3 is 2.25 bits per heavy atom. The molecular formula is C25H22N4O2S. The number of anilines is 1. The summed E-state index contributed by atoms with van der Waals surface area (Å²) in [6.07, 6.45) is 0. The van der Waals surface area contributed by atoms with E-state index in [9.17, 15) is 9.59 Å². The van der Waals surface area contributed by atoms with Crippen LogP contribution in [0.4, 0.5) is 5.69 Å². The number of nitrogens with one attached hydrogen (secondary N) is 1. The van der Waals surface area contributed by atoms with Gasteiger partial charge in [-0.25, -0.2) is 0 Å². The molecule has 0 bridgehead atoms. The average Bonchev–Trinajstić information content (AvgIpc) is 3.38. The van der Waals surface area contributed by atoms with Crippen molar-refractivity contribution in [1.29, 1.82) is 0 Å². The van der Waals surface area contributed by atoms with Crippen molar-refractivity contribution in [2.45, 2.75) is 19.5 Å². The monoisotopic (exact) mass is 442 g/mol. The second-order valence-electron chi connectivity index (χ2n) is 7.27. The number of carbonyl (C=O) groups is 2. The molecule has 0 saturated carbocycles. The molecule has 1 atom stereocenters. The molecule has 0 aliphatic heterocycles. The molecule has 4 aromatic rings. The Balaban J connectivity index is 1.77. The zero-order valence-electron chi connectivity index (χ0n) is 17.5. The second-order valence-corrected chi connectivity index (χ2v) is 7.88. The number of hydrogen-bond donors (Lipinski definition) is 1. The van der Waals surface area contributed by atoms with Crippen molar-refractivity contribution in [2.24, 2.45) is 0 Å². The molecule has 1 heterocycles. The van der Waals surface area contributed by atoms with Gasteiger partial charge in [0.15, 0.2) is 5.69 Å². The summed E-state index contributed by atoms with van der Waals surface area (Å²) in [7, 11) is 0. The van der Waals surface area contributed by atoms with Gasteiger partial charge in [-0.2, -0.15) is 0 Å². The van der Waals surface area contributed by atoms with Crippen molar-refractivity contribution in [3.63, 3.8) is 0 Å². The van der Waals surface area contributed by atoms with Crippen LogP contribution in [0, 0.1) is 6.92 Å². The molecular weight excluding hydrogens is 420 g/mol. The molecule has 6 nitrogen and oxygen atoms in total. The summed E-state index contributed by atoms with van der Waals surface area (Å²) >= 11 is 1.10. The minimum Gasteiger partial charge on any atom is -0.350 e. The van der Waals surface area contributed by atoms with Crippen molar-refractivity contribution in [3.05, 3.63) is 113 Å². The highest BCUT2D eigenvalue weighted by Crippen LogP contribution is 2.32. The zero-order chi connectivity index (χ0) is 22.3. The molecule has 0 radical (unpaired) electrons. The molecule has 32 heavy (non-hydrogen) atoms. The van der Waals surface area contributed by atoms with E-state index >= 15 is 0 Å². The van der Waals surface area contributed by atoms with Crippen LogP contribution < -0.4 is 10.2 Å². The molecule has 160 valence electrons. The number of rotatable bonds is 7.